The van der Waals surface area contributed by atoms with E-state index in [0.29, 0.717) is 17.4 Å². The van der Waals surface area contributed by atoms with E-state index in [9.17, 15) is 9.18 Å². The van der Waals surface area contributed by atoms with E-state index >= 15 is 0 Å². The van der Waals surface area contributed by atoms with Crippen LogP contribution in [0.5, 0.6) is 0 Å². The molecule has 2 aromatic carbocycles. The number of nitrogens with zero attached hydrogens (tertiary/aromatic N) is 1. The molecule has 114 valence electrons. The quantitative estimate of drug-likeness (QED) is 0.824. The molecule has 0 saturated heterocycles. The maximum atomic E-state index is 13.3. The minimum absolute atomic E-state index is 0.0211. The van der Waals surface area contributed by atoms with Crippen LogP contribution in [0.4, 0.5) is 10.1 Å². The van der Waals surface area contributed by atoms with Crippen molar-refractivity contribution in [3.63, 3.8) is 0 Å². The van der Waals surface area contributed by atoms with Crippen molar-refractivity contribution in [2.45, 2.75) is 29.9 Å². The van der Waals surface area contributed by atoms with Crippen LogP contribution in [0.1, 0.15) is 18.9 Å². The number of rotatable bonds is 2. The van der Waals surface area contributed by atoms with Crippen LogP contribution < -0.4 is 4.90 Å². The fourth-order valence-corrected chi connectivity index (χ4v) is 3.78. The Kier molecular flexibility index (Phi) is 4.48. The molecule has 1 aliphatic heterocycles. The molecule has 0 bridgehead atoms. The number of carbonyl (C=O) groups is 1. The van der Waals surface area contributed by atoms with Crippen LogP contribution in [0.2, 0.25) is 0 Å². The topological polar surface area (TPSA) is 20.3 Å². The summed E-state index contributed by atoms with van der Waals surface area (Å²) >= 11 is 1.81. The number of fused-ring (bicyclic) bond motifs is 1. The maximum Gasteiger partial charge on any atom is 0.231 e. The summed E-state index contributed by atoms with van der Waals surface area (Å²) in [4.78, 5) is 15.7. The molecule has 0 aliphatic carbocycles. The molecular weight excluding hydrogens is 297 g/mol. The van der Waals surface area contributed by atoms with Gasteiger partial charge in [-0.3, -0.25) is 4.79 Å². The van der Waals surface area contributed by atoms with Crippen LogP contribution in [0.25, 0.3) is 0 Å². The first kappa shape index (κ1) is 15.1. The highest BCUT2D eigenvalue weighted by atomic mass is 32.2. The number of benzene rings is 2. The summed E-state index contributed by atoms with van der Waals surface area (Å²) in [6.45, 7) is 2.89. The maximum absolute atomic E-state index is 13.3. The van der Waals surface area contributed by atoms with Crippen LogP contribution in [-0.2, 0) is 11.2 Å². The molecule has 1 heterocycles. The first-order chi connectivity index (χ1) is 10.6. The van der Waals surface area contributed by atoms with Gasteiger partial charge in [0.2, 0.25) is 5.91 Å². The van der Waals surface area contributed by atoms with Gasteiger partial charge in [-0.15, -0.1) is 11.8 Å². The Bertz CT molecular complexity index is 688. The summed E-state index contributed by atoms with van der Waals surface area (Å²) in [5.74, 6) is -0.279. The molecule has 0 fully saturated rings. The monoisotopic (exact) mass is 315 g/mol. The van der Waals surface area contributed by atoms with E-state index in [1.807, 2.05) is 34.9 Å². The van der Waals surface area contributed by atoms with Crippen molar-refractivity contribution < 1.29 is 9.18 Å². The van der Waals surface area contributed by atoms with Crippen molar-refractivity contribution in [1.82, 2.24) is 0 Å². The molecule has 1 amide bonds. The Morgan fingerprint density at radius 3 is 2.91 bits per heavy atom. The van der Waals surface area contributed by atoms with Crippen LogP contribution in [0.3, 0.4) is 0 Å². The molecule has 2 nitrogen and oxygen atoms in total. The Morgan fingerprint density at radius 2 is 2.09 bits per heavy atom. The molecule has 22 heavy (non-hydrogen) atoms. The number of para-hydroxylation sites is 1. The SMILES string of the molecule is CC1CCN(C(=O)Cc2cccc(F)c2)c2ccccc2S1. The second-order valence-electron chi connectivity index (χ2n) is 5.54. The lowest BCUT2D eigenvalue weighted by molar-refractivity contribution is -0.118. The van der Waals surface area contributed by atoms with Gasteiger partial charge in [0.1, 0.15) is 5.82 Å². The zero-order chi connectivity index (χ0) is 15.5. The van der Waals surface area contributed by atoms with Crippen LogP contribution in [0, 0.1) is 5.82 Å². The van der Waals surface area contributed by atoms with E-state index in [4.69, 9.17) is 0 Å². The molecule has 1 unspecified atom stereocenters. The number of halogens is 1. The molecule has 4 heteroatoms. The van der Waals surface area contributed by atoms with Crippen molar-refractivity contribution >= 4 is 23.4 Å². The number of hydrogen-bond acceptors (Lipinski definition) is 2. The first-order valence-corrected chi connectivity index (χ1v) is 8.32. The zero-order valence-electron chi connectivity index (χ0n) is 12.5. The van der Waals surface area contributed by atoms with Crippen LogP contribution >= 0.6 is 11.8 Å². The minimum atomic E-state index is -0.300. The van der Waals surface area contributed by atoms with Gasteiger partial charge < -0.3 is 4.90 Å². The second kappa shape index (κ2) is 6.53. The van der Waals surface area contributed by atoms with Gasteiger partial charge in [-0.2, -0.15) is 0 Å². The van der Waals surface area contributed by atoms with Gasteiger partial charge >= 0.3 is 0 Å². The largest absolute Gasteiger partial charge is 0.311 e. The molecule has 0 N–H and O–H groups in total. The standard InChI is InChI=1S/C18H18FNOS/c1-13-9-10-20(16-7-2-3-8-17(16)22-13)18(21)12-14-5-4-6-15(19)11-14/h2-8,11,13H,9-10,12H2,1H3. The van der Waals surface area contributed by atoms with Gasteiger partial charge in [0.25, 0.3) is 0 Å². The van der Waals surface area contributed by atoms with E-state index < -0.39 is 0 Å². The van der Waals surface area contributed by atoms with E-state index in [1.54, 1.807) is 12.1 Å². The predicted octanol–water partition coefficient (Wildman–Crippen LogP) is 4.29. The molecule has 2 aromatic rings. The van der Waals surface area contributed by atoms with Gasteiger partial charge in [-0.05, 0) is 36.2 Å². The smallest absolute Gasteiger partial charge is 0.231 e. The van der Waals surface area contributed by atoms with Crippen LogP contribution in [0.15, 0.2) is 53.4 Å². The fourth-order valence-electron chi connectivity index (χ4n) is 2.66. The van der Waals surface area contributed by atoms with E-state index in [0.717, 1.165) is 17.0 Å². The van der Waals surface area contributed by atoms with Crippen molar-refractivity contribution in [3.05, 3.63) is 59.9 Å². The van der Waals surface area contributed by atoms with Crippen molar-refractivity contribution in [2.24, 2.45) is 0 Å². The molecule has 0 spiro atoms. The van der Waals surface area contributed by atoms with Gasteiger partial charge in [0, 0.05) is 16.7 Å². The van der Waals surface area contributed by atoms with E-state index in [1.165, 1.54) is 12.1 Å². The molecule has 0 aromatic heterocycles. The number of amides is 1. The summed E-state index contributed by atoms with van der Waals surface area (Å²) in [7, 11) is 0. The second-order valence-corrected chi connectivity index (χ2v) is 7.02. The minimum Gasteiger partial charge on any atom is -0.311 e. The summed E-state index contributed by atoms with van der Waals surface area (Å²) in [5, 5.41) is 0.480. The molecule has 1 atom stereocenters. The van der Waals surface area contributed by atoms with Crippen molar-refractivity contribution in [1.29, 1.82) is 0 Å². The van der Waals surface area contributed by atoms with E-state index in [2.05, 4.69) is 13.0 Å². The third-order valence-electron chi connectivity index (χ3n) is 3.79. The molecule has 0 saturated carbocycles. The molecule has 3 rings (SSSR count). The average Bonchev–Trinajstić information content (AvgIpc) is 2.65. The third kappa shape index (κ3) is 3.33. The number of carbonyl (C=O) groups excluding carboxylic acids is 1. The van der Waals surface area contributed by atoms with Gasteiger partial charge in [0.15, 0.2) is 0 Å². The Hall–Kier alpha value is -1.81. The number of anilines is 1. The Labute approximate surface area is 134 Å². The van der Waals surface area contributed by atoms with Crippen molar-refractivity contribution in [2.75, 3.05) is 11.4 Å². The lowest BCUT2D eigenvalue weighted by atomic mass is 10.1. The fraction of sp³-hybridized carbons (Fsp3) is 0.278. The lowest BCUT2D eigenvalue weighted by Crippen LogP contribution is -2.33. The molecular formula is C18H18FNOS. The van der Waals surface area contributed by atoms with Gasteiger partial charge in [-0.1, -0.05) is 31.2 Å². The van der Waals surface area contributed by atoms with E-state index in [-0.39, 0.29) is 18.1 Å². The third-order valence-corrected chi connectivity index (χ3v) is 5.03. The zero-order valence-corrected chi connectivity index (χ0v) is 13.3. The highest BCUT2D eigenvalue weighted by molar-refractivity contribution is 8.00. The normalized spacial score (nSPS) is 17.7. The number of hydrogen-bond donors (Lipinski definition) is 0. The molecule has 0 radical (unpaired) electrons. The van der Waals surface area contributed by atoms with Gasteiger partial charge in [-0.25, -0.2) is 4.39 Å². The average molecular weight is 315 g/mol. The first-order valence-electron chi connectivity index (χ1n) is 7.44. The number of thioether (sulfide) groups is 1. The predicted molar refractivity (Wildman–Crippen MR) is 88.8 cm³/mol. The Balaban J connectivity index is 1.85. The highest BCUT2D eigenvalue weighted by Crippen LogP contribution is 2.37. The van der Waals surface area contributed by atoms with Crippen LogP contribution in [-0.4, -0.2) is 17.7 Å². The lowest BCUT2D eigenvalue weighted by Gasteiger charge is -2.22. The van der Waals surface area contributed by atoms with Gasteiger partial charge in [0.05, 0.1) is 12.1 Å². The Morgan fingerprint density at radius 1 is 1.27 bits per heavy atom. The van der Waals surface area contributed by atoms with Crippen molar-refractivity contribution in [3.8, 4) is 0 Å². The summed E-state index contributed by atoms with van der Waals surface area (Å²) < 4.78 is 13.3. The molecule has 1 aliphatic rings. The summed E-state index contributed by atoms with van der Waals surface area (Å²) in [5.41, 5.74) is 1.69. The summed E-state index contributed by atoms with van der Waals surface area (Å²) in [6.07, 6.45) is 1.18. The summed E-state index contributed by atoms with van der Waals surface area (Å²) in [6, 6.07) is 14.3. The highest BCUT2D eigenvalue weighted by Gasteiger charge is 2.24.